The molecule has 0 unspecified atom stereocenters. The Balaban J connectivity index is 0.000000145. The summed E-state index contributed by atoms with van der Waals surface area (Å²) in [7, 11) is 12.4. The average molecular weight is 1280 g/mol. The van der Waals surface area contributed by atoms with Gasteiger partial charge in [-0.2, -0.15) is 0 Å². The lowest BCUT2D eigenvalue weighted by Gasteiger charge is -2.20. The molecule has 9 N–H and O–H groups in total. The second-order valence-electron chi connectivity index (χ2n) is 25.5. The quantitative estimate of drug-likeness (QED) is 0.0288. The van der Waals surface area contributed by atoms with E-state index in [4.69, 9.17) is 51.2 Å². The zero-order valence-corrected chi connectivity index (χ0v) is 57.1. The molecule has 1 saturated heterocycles. The number of aliphatic imine (C=N–C) groups is 3. The number of anilines is 3. The number of aromatic amines is 3. The van der Waals surface area contributed by atoms with Gasteiger partial charge in [-0.3, -0.25) is 21.1 Å². The third kappa shape index (κ3) is 14.8. The van der Waals surface area contributed by atoms with Crippen LogP contribution in [-0.2, 0) is 4.74 Å². The summed E-state index contributed by atoms with van der Waals surface area (Å²) in [5.41, 5.74) is 20.6. The molecule has 23 nitrogen and oxygen atoms in total. The lowest BCUT2D eigenvalue weighted by molar-refractivity contribution is 0.213. The van der Waals surface area contributed by atoms with Crippen molar-refractivity contribution in [3.8, 4) is 0 Å². The lowest BCUT2D eigenvalue weighted by Crippen LogP contribution is -2.25. The summed E-state index contributed by atoms with van der Waals surface area (Å²) in [6.07, 6.45) is 19.0. The first-order valence-corrected chi connectivity index (χ1v) is 33.0. The van der Waals surface area contributed by atoms with E-state index in [0.717, 1.165) is 191 Å². The van der Waals surface area contributed by atoms with Gasteiger partial charge >= 0.3 is 0 Å². The smallest absolute Gasteiger partial charge is 0.175 e. The number of pyridine rings is 3. The molecule has 95 heavy (non-hydrogen) atoms. The van der Waals surface area contributed by atoms with Crippen molar-refractivity contribution in [3.63, 3.8) is 0 Å². The predicted molar refractivity (Wildman–Crippen MR) is 391 cm³/mol. The Hall–Kier alpha value is -9.81. The minimum Gasteiger partial charge on any atom is -0.490 e. The summed E-state index contributed by atoms with van der Waals surface area (Å²) in [5, 5.41) is 50.9. The molecule has 0 bridgehead atoms. The predicted octanol–water partition coefficient (Wildman–Crippen LogP) is 12.0. The van der Waals surface area contributed by atoms with Crippen molar-refractivity contribution in [2.75, 3.05) is 124 Å². The van der Waals surface area contributed by atoms with Crippen molar-refractivity contribution >= 4 is 102 Å². The first kappa shape index (κ1) is 66.6. The van der Waals surface area contributed by atoms with E-state index in [1.54, 1.807) is 0 Å². The van der Waals surface area contributed by atoms with Gasteiger partial charge in [0, 0.05) is 91.7 Å². The molecular weight excluding hydrogens is 1190 g/mol. The maximum Gasteiger partial charge on any atom is 0.175 e. The molecule has 0 amide bonds. The molecule has 3 aliphatic carbocycles. The van der Waals surface area contributed by atoms with Gasteiger partial charge in [-0.25, -0.2) is 28.5 Å². The van der Waals surface area contributed by atoms with E-state index in [0.29, 0.717) is 46.7 Å². The third-order valence-corrected chi connectivity index (χ3v) is 17.7. The van der Waals surface area contributed by atoms with Crippen molar-refractivity contribution in [1.82, 2.24) is 63.4 Å². The fraction of sp³-hybridized carbons (Fsp3) is 0.375. The first-order valence-electron chi connectivity index (χ1n) is 33.0. The second kappa shape index (κ2) is 29.6. The number of nitrogens with one attached hydrogen (secondary N) is 9. The number of ether oxygens (including phenoxy) is 1. The zero-order chi connectivity index (χ0) is 67.0. The molecule has 9 aromatic rings. The minimum absolute atomic E-state index is 0.373. The number of aromatic nitrogens is 9. The van der Waals surface area contributed by atoms with Gasteiger partial charge in [-0.05, 0) is 212 Å². The number of hydrogen-bond acceptors (Lipinski definition) is 17. The van der Waals surface area contributed by atoms with Crippen molar-refractivity contribution in [2.24, 2.45) is 15.0 Å². The Bertz CT molecular complexity index is 4490. The molecular formula is C72H92N22O. The number of allylic oxidation sites excluding steroid dienone is 5. The van der Waals surface area contributed by atoms with Crippen LogP contribution in [0.15, 0.2) is 119 Å². The fourth-order valence-corrected chi connectivity index (χ4v) is 12.3. The van der Waals surface area contributed by atoms with E-state index in [-0.39, 0.29) is 0 Å². The molecule has 0 spiro atoms. The van der Waals surface area contributed by atoms with Crippen LogP contribution in [-0.4, -0.2) is 205 Å². The molecule has 1 aliphatic heterocycles. The summed E-state index contributed by atoms with van der Waals surface area (Å²) in [4.78, 5) is 33.9. The van der Waals surface area contributed by atoms with Crippen molar-refractivity contribution in [2.45, 2.75) is 73.6 Å². The number of fused-ring (bicyclic) bond motifs is 6. The number of rotatable bonds is 22. The highest BCUT2D eigenvalue weighted by atomic mass is 16.5. The Kier molecular flexibility index (Phi) is 20.8. The molecule has 0 radical (unpaired) electrons. The zero-order valence-electron chi connectivity index (χ0n) is 57.1. The number of aryl methyl sites for hydroxylation is 2. The molecule has 10 heterocycles. The van der Waals surface area contributed by atoms with E-state index in [1.165, 1.54) is 18.4 Å². The minimum atomic E-state index is 0.373. The highest BCUT2D eigenvalue weighted by molar-refractivity contribution is 6.55. The van der Waals surface area contributed by atoms with Gasteiger partial charge in [0.1, 0.15) is 29.4 Å². The molecule has 0 aromatic carbocycles. The fourth-order valence-electron chi connectivity index (χ4n) is 12.3. The largest absolute Gasteiger partial charge is 0.490 e. The van der Waals surface area contributed by atoms with Gasteiger partial charge in [-0.1, -0.05) is 25.1 Å². The molecule has 23 heteroatoms. The van der Waals surface area contributed by atoms with Crippen molar-refractivity contribution in [1.29, 1.82) is 16.2 Å². The molecule has 0 saturated carbocycles. The normalized spacial score (nSPS) is 16.0. The van der Waals surface area contributed by atoms with Crippen LogP contribution in [0.2, 0.25) is 0 Å². The van der Waals surface area contributed by atoms with Gasteiger partial charge in [0.05, 0.1) is 67.9 Å². The van der Waals surface area contributed by atoms with Gasteiger partial charge < -0.3 is 50.3 Å². The molecule has 0 atom stereocenters. The molecule has 13 rings (SSSR count). The molecule has 4 aliphatic rings. The average Bonchev–Trinajstić information content (AvgIpc) is 1.66. The summed E-state index contributed by atoms with van der Waals surface area (Å²) >= 11 is 0. The number of likely N-dealkylation sites (tertiary alicyclic amines) is 1. The van der Waals surface area contributed by atoms with E-state index >= 15 is 0 Å². The monoisotopic (exact) mass is 1280 g/mol. The number of H-pyrrole nitrogens is 3. The van der Waals surface area contributed by atoms with Crippen LogP contribution in [0.1, 0.15) is 102 Å². The van der Waals surface area contributed by atoms with Crippen molar-refractivity contribution in [3.05, 3.63) is 160 Å². The summed E-state index contributed by atoms with van der Waals surface area (Å²) in [6, 6.07) is 19.8. The summed E-state index contributed by atoms with van der Waals surface area (Å²) < 4.78 is 11.7. The standard InChI is InChI=1S/C25H32N8O.C24H31N7.C23H29N7/c1-31(2)14-10-28-25-24(20-7-3-4-13-33(20)30-25)29-19-17-21(23-18(22(19)26)8-9-27-23)34-16-15-32-11-5-6-12-32;1-6-17-14-18(21(25)20-15(2)16(3)27-22(17)20)28-23-19-10-7-8-13-31(19)29-24(23)26-11-9-12-30(4)5;1-14-13-17(20(24)19-15(2)16(3)26-21(14)19)27-22-18-9-6-7-12-30(18)28-23(22)25-10-8-11-29(4)5/h3-4,7-9,13,17,26-27H,5-6,10-12,14-16H2,1-2H3,(H,28,30);7-8,10,13-14,25,27H,6,9,11-12H2,1-5H3,(H,26,29);6-7,9,12-13,24,26H,8,10-11H2,1-5H3,(H,25,28). The molecule has 9 aromatic heterocycles. The van der Waals surface area contributed by atoms with Crippen LogP contribution < -0.4 is 16.0 Å². The SMILES string of the molecule is CC1=CC(=Nc2c(NCCCN(C)C)nn3ccccc23)C(=N)c2c1[nH]c(C)c2C.CCC1=CC(=Nc2c(NCCCN(C)C)nn3ccccc23)C(=N)c2c1[nH]c(C)c2C.CN(C)CCNc1nn2ccccc2c1N=C1C=C(OCCN2CCCC2)c2[nH]ccc2C1=N. The van der Waals surface area contributed by atoms with Gasteiger partial charge in [-0.15, -0.1) is 15.3 Å². The van der Waals surface area contributed by atoms with Crippen LogP contribution in [0.5, 0.6) is 0 Å². The summed E-state index contributed by atoms with van der Waals surface area (Å²) in [5.74, 6) is 2.94. The Morgan fingerprint density at radius 2 is 1.01 bits per heavy atom. The van der Waals surface area contributed by atoms with Crippen LogP contribution in [0.4, 0.5) is 34.5 Å². The maximum atomic E-state index is 8.89. The number of likely N-dealkylation sites (N-methyl/N-ethyl adjacent to an activating group) is 1. The van der Waals surface area contributed by atoms with Crippen LogP contribution in [0.3, 0.4) is 0 Å². The van der Waals surface area contributed by atoms with Gasteiger partial charge in [0.15, 0.2) is 17.5 Å². The Morgan fingerprint density at radius 3 is 1.51 bits per heavy atom. The Labute approximate surface area is 556 Å². The Morgan fingerprint density at radius 1 is 0.547 bits per heavy atom. The van der Waals surface area contributed by atoms with E-state index in [1.807, 2.05) is 138 Å². The highest BCUT2D eigenvalue weighted by Crippen LogP contribution is 2.38. The topological polar surface area (TPSA) is 266 Å². The maximum absolute atomic E-state index is 8.89. The highest BCUT2D eigenvalue weighted by Gasteiger charge is 2.30. The van der Waals surface area contributed by atoms with E-state index in [2.05, 4.69) is 113 Å². The van der Waals surface area contributed by atoms with E-state index in [9.17, 15) is 0 Å². The second-order valence-corrected chi connectivity index (χ2v) is 25.5. The molecule has 1 fully saturated rings. The van der Waals surface area contributed by atoms with Crippen molar-refractivity contribution < 1.29 is 4.74 Å². The molecule has 496 valence electrons. The lowest BCUT2D eigenvalue weighted by atomic mass is 9.90. The number of nitrogens with zero attached hydrogens (tertiary/aromatic N) is 13. The van der Waals surface area contributed by atoms with Crippen LogP contribution >= 0.6 is 0 Å². The van der Waals surface area contributed by atoms with Gasteiger partial charge in [0.25, 0.3) is 0 Å². The summed E-state index contributed by atoms with van der Waals surface area (Å²) in [6.45, 7) is 21.5. The van der Waals surface area contributed by atoms with E-state index < -0.39 is 0 Å². The third-order valence-electron chi connectivity index (χ3n) is 17.7. The first-order chi connectivity index (χ1) is 45.9. The number of hydrogen-bond donors (Lipinski definition) is 9. The van der Waals surface area contributed by atoms with Gasteiger partial charge in [0.2, 0.25) is 0 Å². The van der Waals surface area contributed by atoms with Crippen LogP contribution in [0, 0.1) is 43.9 Å². The van der Waals surface area contributed by atoms with Crippen LogP contribution in [0.25, 0.3) is 33.5 Å².